The van der Waals surface area contributed by atoms with Gasteiger partial charge in [-0.2, -0.15) is 0 Å². The molecule has 0 aromatic carbocycles. The maximum Gasteiger partial charge on any atom is 0.252 e. The molecule has 0 aliphatic heterocycles. The van der Waals surface area contributed by atoms with Crippen LogP contribution in [0.2, 0.25) is 0 Å². The Morgan fingerprint density at radius 1 is 1.40 bits per heavy atom. The molecule has 5 nitrogen and oxygen atoms in total. The molecule has 0 radical (unpaired) electrons. The second-order valence-corrected chi connectivity index (χ2v) is 4.82. The van der Waals surface area contributed by atoms with Gasteiger partial charge >= 0.3 is 0 Å². The highest BCUT2D eigenvalue weighted by molar-refractivity contribution is 7.10. The zero-order chi connectivity index (χ0) is 15.0. The first-order valence-electron chi connectivity index (χ1n) is 6.36. The SMILES string of the molecule is CCN(CC)C(=O)CNC(=O)c1csc(C#CCO)c1. The normalized spacial score (nSPS) is 9.55. The van der Waals surface area contributed by atoms with Gasteiger partial charge in [-0.3, -0.25) is 9.59 Å². The van der Waals surface area contributed by atoms with Gasteiger partial charge in [-0.1, -0.05) is 11.8 Å². The van der Waals surface area contributed by atoms with Gasteiger partial charge < -0.3 is 15.3 Å². The highest BCUT2D eigenvalue weighted by Gasteiger charge is 2.13. The van der Waals surface area contributed by atoms with E-state index in [1.54, 1.807) is 16.3 Å². The number of carbonyl (C=O) groups is 2. The van der Waals surface area contributed by atoms with Gasteiger partial charge in [0, 0.05) is 18.5 Å². The molecule has 0 bridgehead atoms. The lowest BCUT2D eigenvalue weighted by Gasteiger charge is -2.18. The van der Waals surface area contributed by atoms with E-state index >= 15 is 0 Å². The minimum absolute atomic E-state index is 0.00594. The summed E-state index contributed by atoms with van der Waals surface area (Å²) in [5.74, 6) is 4.86. The van der Waals surface area contributed by atoms with Crippen LogP contribution in [0.15, 0.2) is 11.4 Å². The molecule has 1 rings (SSSR count). The molecule has 2 amide bonds. The second kappa shape index (κ2) is 8.35. The molecule has 20 heavy (non-hydrogen) atoms. The molecule has 6 heteroatoms. The largest absolute Gasteiger partial charge is 0.384 e. The summed E-state index contributed by atoms with van der Waals surface area (Å²) in [5.41, 5.74) is 0.476. The van der Waals surface area contributed by atoms with E-state index in [0.717, 1.165) is 0 Å². The van der Waals surface area contributed by atoms with Crippen LogP contribution in [0.5, 0.6) is 0 Å². The zero-order valence-electron chi connectivity index (χ0n) is 11.6. The Morgan fingerprint density at radius 3 is 2.70 bits per heavy atom. The monoisotopic (exact) mass is 294 g/mol. The molecule has 2 N–H and O–H groups in total. The lowest BCUT2D eigenvalue weighted by molar-refractivity contribution is -0.129. The van der Waals surface area contributed by atoms with Gasteiger partial charge in [0.05, 0.1) is 17.0 Å². The third-order valence-electron chi connectivity index (χ3n) is 2.67. The first-order valence-corrected chi connectivity index (χ1v) is 7.24. The van der Waals surface area contributed by atoms with E-state index in [1.807, 2.05) is 13.8 Å². The van der Waals surface area contributed by atoms with Crippen molar-refractivity contribution in [2.75, 3.05) is 26.2 Å². The fourth-order valence-electron chi connectivity index (χ4n) is 1.59. The number of thiophene rings is 1. The first-order chi connectivity index (χ1) is 9.62. The lowest BCUT2D eigenvalue weighted by atomic mass is 10.3. The number of carbonyl (C=O) groups excluding carboxylic acids is 2. The van der Waals surface area contributed by atoms with E-state index in [0.29, 0.717) is 23.5 Å². The lowest BCUT2D eigenvalue weighted by Crippen LogP contribution is -2.39. The minimum atomic E-state index is -0.293. The van der Waals surface area contributed by atoms with Crippen molar-refractivity contribution in [1.82, 2.24) is 10.2 Å². The Morgan fingerprint density at radius 2 is 2.10 bits per heavy atom. The van der Waals surface area contributed by atoms with Crippen LogP contribution >= 0.6 is 11.3 Å². The Hall–Kier alpha value is -1.84. The summed E-state index contributed by atoms with van der Waals surface area (Å²) in [5, 5.41) is 12.9. The highest BCUT2D eigenvalue weighted by atomic mass is 32.1. The number of amides is 2. The summed E-state index contributed by atoms with van der Waals surface area (Å²) in [7, 11) is 0. The smallest absolute Gasteiger partial charge is 0.252 e. The first kappa shape index (κ1) is 16.2. The van der Waals surface area contributed by atoms with Gasteiger partial charge in [0.15, 0.2) is 0 Å². The summed E-state index contributed by atoms with van der Waals surface area (Å²) in [4.78, 5) is 26.0. The molecule has 0 fully saturated rings. The van der Waals surface area contributed by atoms with E-state index < -0.39 is 0 Å². The van der Waals surface area contributed by atoms with Gasteiger partial charge in [0.2, 0.25) is 5.91 Å². The number of hydrogen-bond acceptors (Lipinski definition) is 4. The summed E-state index contributed by atoms with van der Waals surface area (Å²) < 4.78 is 0. The van der Waals surface area contributed by atoms with E-state index in [-0.39, 0.29) is 25.0 Å². The topological polar surface area (TPSA) is 69.6 Å². The van der Waals surface area contributed by atoms with E-state index in [4.69, 9.17) is 5.11 Å². The molecule has 1 aromatic heterocycles. The van der Waals surface area contributed by atoms with Crippen molar-refractivity contribution in [2.24, 2.45) is 0 Å². The summed E-state index contributed by atoms with van der Waals surface area (Å²) >= 11 is 1.33. The molecule has 1 aromatic rings. The Labute approximate surface area is 122 Å². The predicted octanol–water partition coefficient (Wildman–Crippen LogP) is 0.690. The van der Waals surface area contributed by atoms with Crippen molar-refractivity contribution in [1.29, 1.82) is 0 Å². The number of nitrogens with zero attached hydrogens (tertiary/aromatic N) is 1. The van der Waals surface area contributed by atoms with E-state index in [1.165, 1.54) is 11.3 Å². The zero-order valence-corrected chi connectivity index (χ0v) is 12.4. The average Bonchev–Trinajstić information content (AvgIpc) is 2.92. The van der Waals surface area contributed by atoms with Crippen LogP contribution in [0, 0.1) is 11.8 Å². The summed E-state index contributed by atoms with van der Waals surface area (Å²) in [6.45, 7) is 4.84. The highest BCUT2D eigenvalue weighted by Crippen LogP contribution is 2.13. The van der Waals surface area contributed by atoms with Crippen LogP contribution < -0.4 is 5.32 Å². The van der Waals surface area contributed by atoms with Crippen molar-refractivity contribution in [3.8, 4) is 11.8 Å². The molecule has 1 heterocycles. The molecule has 0 aliphatic rings. The molecule has 0 saturated carbocycles. The third-order valence-corrected chi connectivity index (χ3v) is 3.51. The maximum absolute atomic E-state index is 11.9. The van der Waals surface area contributed by atoms with Crippen molar-refractivity contribution < 1.29 is 14.7 Å². The van der Waals surface area contributed by atoms with Crippen LogP contribution in [0.4, 0.5) is 0 Å². The number of likely N-dealkylation sites (N-methyl/N-ethyl adjacent to an activating group) is 1. The number of nitrogens with one attached hydrogen (secondary N) is 1. The Kier molecular flexibility index (Phi) is 6.77. The van der Waals surface area contributed by atoms with Crippen molar-refractivity contribution >= 4 is 23.2 Å². The van der Waals surface area contributed by atoms with Crippen LogP contribution in [0.3, 0.4) is 0 Å². The predicted molar refractivity (Wildman–Crippen MR) is 78.5 cm³/mol. The second-order valence-electron chi connectivity index (χ2n) is 3.91. The Balaban J connectivity index is 2.55. The number of hydrogen-bond donors (Lipinski definition) is 2. The maximum atomic E-state index is 11.9. The van der Waals surface area contributed by atoms with Gasteiger partial charge in [0.1, 0.15) is 6.61 Å². The van der Waals surface area contributed by atoms with Gasteiger partial charge in [-0.15, -0.1) is 11.3 Å². The van der Waals surface area contributed by atoms with Crippen molar-refractivity contribution in [3.05, 3.63) is 21.9 Å². The van der Waals surface area contributed by atoms with Crippen LogP contribution in [-0.4, -0.2) is 48.1 Å². The van der Waals surface area contributed by atoms with E-state index in [9.17, 15) is 9.59 Å². The third kappa shape index (κ3) is 4.68. The number of aliphatic hydroxyl groups excluding tert-OH is 1. The fraction of sp³-hybridized carbons (Fsp3) is 0.429. The molecule has 108 valence electrons. The quantitative estimate of drug-likeness (QED) is 0.785. The van der Waals surface area contributed by atoms with Crippen molar-refractivity contribution in [2.45, 2.75) is 13.8 Å². The molecule has 0 unspecified atom stereocenters. The molecule has 0 saturated heterocycles. The van der Waals surface area contributed by atoms with Gasteiger partial charge in [-0.05, 0) is 19.9 Å². The average molecular weight is 294 g/mol. The molecular weight excluding hydrogens is 276 g/mol. The van der Waals surface area contributed by atoms with Gasteiger partial charge in [0.25, 0.3) is 5.91 Å². The fourth-order valence-corrected chi connectivity index (χ4v) is 2.35. The summed E-state index contributed by atoms with van der Waals surface area (Å²) in [6, 6.07) is 1.64. The van der Waals surface area contributed by atoms with Crippen LogP contribution in [0.25, 0.3) is 0 Å². The van der Waals surface area contributed by atoms with Crippen LogP contribution in [-0.2, 0) is 4.79 Å². The number of rotatable bonds is 5. The standard InChI is InChI=1S/C14H18N2O3S/c1-3-16(4-2)13(18)9-15-14(19)11-8-12(20-10-11)6-5-7-17/h8,10,17H,3-4,7,9H2,1-2H3,(H,15,19). The molecule has 0 aliphatic carbocycles. The minimum Gasteiger partial charge on any atom is -0.384 e. The van der Waals surface area contributed by atoms with Crippen molar-refractivity contribution in [3.63, 3.8) is 0 Å². The Bertz CT molecular complexity index is 524. The van der Waals surface area contributed by atoms with E-state index in [2.05, 4.69) is 17.2 Å². The molecular formula is C14H18N2O3S. The number of aliphatic hydroxyl groups is 1. The van der Waals surface area contributed by atoms with Crippen LogP contribution in [0.1, 0.15) is 29.1 Å². The molecule has 0 atom stereocenters. The van der Waals surface area contributed by atoms with Gasteiger partial charge in [-0.25, -0.2) is 0 Å². The summed E-state index contributed by atoms with van der Waals surface area (Å²) in [6.07, 6.45) is 0. The molecule has 0 spiro atoms.